The van der Waals surface area contributed by atoms with Crippen LogP contribution in [0.1, 0.15) is 64.5 Å². The lowest BCUT2D eigenvalue weighted by Crippen LogP contribution is -2.43. The number of hydroxylamine groups is 2. The van der Waals surface area contributed by atoms with Crippen LogP contribution in [0.3, 0.4) is 0 Å². The van der Waals surface area contributed by atoms with E-state index in [2.05, 4.69) is 0 Å². The Morgan fingerprint density at radius 3 is 2.41 bits per heavy atom. The van der Waals surface area contributed by atoms with Gasteiger partial charge in [0.2, 0.25) is 12.3 Å². The van der Waals surface area contributed by atoms with Crippen molar-refractivity contribution in [3.05, 3.63) is 35.9 Å². The summed E-state index contributed by atoms with van der Waals surface area (Å²) >= 11 is 0. The topological polar surface area (TPSA) is 87.2 Å². The second-order valence-corrected chi connectivity index (χ2v) is 6.68. The lowest BCUT2D eigenvalue weighted by molar-refractivity contribution is -0.168. The Morgan fingerprint density at radius 1 is 1.19 bits per heavy atom. The van der Waals surface area contributed by atoms with E-state index in [1.54, 1.807) is 13.8 Å². The number of amides is 2. The van der Waals surface area contributed by atoms with Crippen molar-refractivity contribution >= 4 is 18.3 Å². The third-order valence-electron chi connectivity index (χ3n) is 4.02. The van der Waals surface area contributed by atoms with Crippen molar-refractivity contribution in [3.8, 4) is 0 Å². The van der Waals surface area contributed by atoms with Gasteiger partial charge in [-0.2, -0.15) is 0 Å². The van der Waals surface area contributed by atoms with Crippen molar-refractivity contribution in [1.29, 1.82) is 0 Å². The molecule has 0 fully saturated rings. The van der Waals surface area contributed by atoms with Crippen molar-refractivity contribution < 1.29 is 24.3 Å². The monoisotopic (exact) mass is 378 g/mol. The van der Waals surface area contributed by atoms with Crippen LogP contribution in [0.4, 0.5) is 0 Å². The number of esters is 1. The highest BCUT2D eigenvalue weighted by molar-refractivity contribution is 5.78. The third-order valence-corrected chi connectivity index (χ3v) is 4.02. The average Bonchev–Trinajstić information content (AvgIpc) is 2.64. The number of unbranched alkanes of at least 4 members (excludes halogenated alkanes) is 2. The number of hydrogen-bond acceptors (Lipinski definition) is 5. The maximum absolute atomic E-state index is 12.8. The summed E-state index contributed by atoms with van der Waals surface area (Å²) in [6.07, 6.45) is 2.76. The van der Waals surface area contributed by atoms with Gasteiger partial charge in [0.15, 0.2) is 0 Å². The van der Waals surface area contributed by atoms with Gasteiger partial charge in [-0.15, -0.1) is 0 Å². The Hall–Kier alpha value is -2.41. The number of ether oxygens (including phenoxy) is 1. The molecule has 1 atom stereocenters. The molecule has 0 bridgehead atoms. The molecule has 1 N–H and O–H groups in total. The lowest BCUT2D eigenvalue weighted by atomic mass is 10.0. The first-order chi connectivity index (χ1) is 12.9. The van der Waals surface area contributed by atoms with Gasteiger partial charge in [0, 0.05) is 6.42 Å². The van der Waals surface area contributed by atoms with Crippen molar-refractivity contribution in [2.24, 2.45) is 0 Å². The van der Waals surface area contributed by atoms with Crippen LogP contribution in [0.15, 0.2) is 30.3 Å². The van der Waals surface area contributed by atoms with Crippen LogP contribution in [0, 0.1) is 0 Å². The molecule has 0 aliphatic heterocycles. The Labute approximate surface area is 160 Å². The molecule has 7 nitrogen and oxygen atoms in total. The lowest BCUT2D eigenvalue weighted by Gasteiger charge is -2.33. The first-order valence-electron chi connectivity index (χ1n) is 9.33. The van der Waals surface area contributed by atoms with E-state index in [-0.39, 0.29) is 37.9 Å². The predicted molar refractivity (Wildman–Crippen MR) is 101 cm³/mol. The van der Waals surface area contributed by atoms with E-state index in [0.717, 1.165) is 18.4 Å². The van der Waals surface area contributed by atoms with E-state index >= 15 is 0 Å². The van der Waals surface area contributed by atoms with E-state index in [1.807, 2.05) is 37.3 Å². The van der Waals surface area contributed by atoms with Crippen molar-refractivity contribution in [3.63, 3.8) is 0 Å². The first kappa shape index (κ1) is 22.6. The molecule has 2 amide bonds. The Balaban J connectivity index is 3.12. The molecule has 1 unspecified atom stereocenters. The molecule has 1 rings (SSSR count). The minimum absolute atomic E-state index is 0.0611. The molecular formula is C20H30N2O5. The van der Waals surface area contributed by atoms with Crippen molar-refractivity contribution in [2.75, 3.05) is 6.67 Å². The highest BCUT2D eigenvalue weighted by Gasteiger charge is 2.29. The van der Waals surface area contributed by atoms with E-state index in [4.69, 9.17) is 4.74 Å². The molecule has 0 heterocycles. The van der Waals surface area contributed by atoms with Gasteiger partial charge in [0.05, 0.1) is 18.6 Å². The highest BCUT2D eigenvalue weighted by Crippen LogP contribution is 2.26. The minimum Gasteiger partial charge on any atom is -0.463 e. The minimum atomic E-state index is -0.638. The third kappa shape index (κ3) is 8.21. The van der Waals surface area contributed by atoms with Gasteiger partial charge in [-0.1, -0.05) is 50.1 Å². The maximum atomic E-state index is 12.8. The average molecular weight is 378 g/mol. The SMILES string of the molecule is CCCCCC(=O)N(CN(O)C=O)C(CC(=O)OC(C)C)c1ccccc1. The number of rotatable bonds is 12. The molecule has 0 saturated heterocycles. The molecule has 0 aliphatic carbocycles. The number of carbonyl (C=O) groups is 3. The number of carbonyl (C=O) groups excluding carboxylic acids is 3. The summed E-state index contributed by atoms with van der Waals surface area (Å²) in [5, 5.41) is 10.1. The van der Waals surface area contributed by atoms with E-state index in [1.165, 1.54) is 4.90 Å². The number of nitrogens with zero attached hydrogens (tertiary/aromatic N) is 2. The molecule has 0 saturated carbocycles. The standard InChI is InChI=1S/C20H30N2O5/c1-4-5-7-12-19(24)22(14-21(26)15-23)18(13-20(25)27-16(2)3)17-10-8-6-9-11-17/h6,8-11,15-16,18,26H,4-5,7,12-14H2,1-3H3. The van der Waals surface area contributed by atoms with Crippen LogP contribution < -0.4 is 0 Å². The summed E-state index contributed by atoms with van der Waals surface area (Å²) in [4.78, 5) is 37.3. The highest BCUT2D eigenvalue weighted by atomic mass is 16.5. The van der Waals surface area contributed by atoms with Crippen molar-refractivity contribution in [1.82, 2.24) is 9.96 Å². The largest absolute Gasteiger partial charge is 0.463 e. The molecule has 150 valence electrons. The zero-order valence-corrected chi connectivity index (χ0v) is 16.3. The summed E-state index contributed by atoms with van der Waals surface area (Å²) in [6, 6.07) is 8.44. The molecular weight excluding hydrogens is 348 g/mol. The summed E-state index contributed by atoms with van der Waals surface area (Å²) < 4.78 is 5.24. The molecule has 0 spiro atoms. The summed E-state index contributed by atoms with van der Waals surface area (Å²) in [5.41, 5.74) is 0.737. The molecule has 1 aromatic rings. The van der Waals surface area contributed by atoms with Gasteiger partial charge < -0.3 is 9.64 Å². The second kappa shape index (κ2) is 12.1. The molecule has 1 aromatic carbocycles. The quantitative estimate of drug-likeness (QED) is 0.151. The first-order valence-corrected chi connectivity index (χ1v) is 9.33. The molecule has 0 aliphatic rings. The summed E-state index contributed by atoms with van der Waals surface area (Å²) in [7, 11) is 0. The van der Waals surface area contributed by atoms with Crippen LogP contribution >= 0.6 is 0 Å². The van der Waals surface area contributed by atoms with Gasteiger partial charge in [-0.05, 0) is 25.8 Å². The van der Waals surface area contributed by atoms with Gasteiger partial charge in [-0.3, -0.25) is 19.6 Å². The summed E-state index contributed by atoms with van der Waals surface area (Å²) in [5.74, 6) is -0.670. The van der Waals surface area contributed by atoms with E-state index in [0.29, 0.717) is 11.5 Å². The predicted octanol–water partition coefficient (Wildman–Crippen LogP) is 3.28. The Bertz CT molecular complexity index is 591. The molecule has 0 aromatic heterocycles. The maximum Gasteiger partial charge on any atom is 0.308 e. The Morgan fingerprint density at radius 2 is 1.85 bits per heavy atom. The Kier molecular flexibility index (Phi) is 10.1. The van der Waals surface area contributed by atoms with Gasteiger partial charge in [0.1, 0.15) is 6.67 Å². The molecule has 27 heavy (non-hydrogen) atoms. The van der Waals surface area contributed by atoms with Crippen LogP contribution in [-0.2, 0) is 19.1 Å². The van der Waals surface area contributed by atoms with Gasteiger partial charge >= 0.3 is 5.97 Å². The van der Waals surface area contributed by atoms with Crippen LogP contribution in [0.25, 0.3) is 0 Å². The normalized spacial score (nSPS) is 11.7. The fourth-order valence-corrected chi connectivity index (χ4v) is 2.76. The van der Waals surface area contributed by atoms with E-state index < -0.39 is 12.0 Å². The van der Waals surface area contributed by atoms with Crippen molar-refractivity contribution in [2.45, 2.75) is 65.0 Å². The zero-order chi connectivity index (χ0) is 20.2. The molecule has 7 heteroatoms. The molecule has 0 radical (unpaired) electrons. The van der Waals surface area contributed by atoms with Crippen LogP contribution in [-0.4, -0.2) is 46.2 Å². The fourth-order valence-electron chi connectivity index (χ4n) is 2.76. The van der Waals surface area contributed by atoms with Crippen LogP contribution in [0.5, 0.6) is 0 Å². The number of hydrogen-bond donors (Lipinski definition) is 1. The summed E-state index contributed by atoms with van der Waals surface area (Å²) in [6.45, 7) is 5.23. The second-order valence-electron chi connectivity index (χ2n) is 6.68. The number of benzene rings is 1. The smallest absolute Gasteiger partial charge is 0.308 e. The zero-order valence-electron chi connectivity index (χ0n) is 16.3. The van der Waals surface area contributed by atoms with E-state index in [9.17, 15) is 19.6 Å². The van der Waals surface area contributed by atoms with Crippen LogP contribution in [0.2, 0.25) is 0 Å². The van der Waals surface area contributed by atoms with Gasteiger partial charge in [-0.25, -0.2) is 5.06 Å². The fraction of sp³-hybridized carbons (Fsp3) is 0.550. The van der Waals surface area contributed by atoms with Gasteiger partial charge in [0.25, 0.3) is 0 Å².